The van der Waals surface area contributed by atoms with Crippen LogP contribution >= 0.6 is 0 Å². The maximum absolute atomic E-state index is 14.7. The van der Waals surface area contributed by atoms with E-state index < -0.39 is 11.8 Å². The Kier molecular flexibility index (Phi) is 7.73. The minimum Gasteiger partial charge on any atom is -0.468 e. The second-order valence-corrected chi connectivity index (χ2v) is 8.26. The molecule has 2 heterocycles. The van der Waals surface area contributed by atoms with Gasteiger partial charge in [0.2, 0.25) is 0 Å². The van der Waals surface area contributed by atoms with E-state index in [0.29, 0.717) is 30.3 Å². The lowest BCUT2D eigenvalue weighted by atomic mass is 10.1. The van der Waals surface area contributed by atoms with Crippen molar-refractivity contribution in [2.45, 2.75) is 12.2 Å². The predicted octanol–water partition coefficient (Wildman–Crippen LogP) is 4.22. The Labute approximate surface area is 207 Å². The van der Waals surface area contributed by atoms with Crippen LogP contribution in [0.5, 0.6) is 17.2 Å². The summed E-state index contributed by atoms with van der Waals surface area (Å²) in [6.07, 6.45) is 0.352. The first-order chi connectivity index (χ1) is 17.6. The Morgan fingerprint density at radius 1 is 0.778 bits per heavy atom. The summed E-state index contributed by atoms with van der Waals surface area (Å²) in [5, 5.41) is 0. The van der Waals surface area contributed by atoms with Crippen molar-refractivity contribution in [3.05, 3.63) is 78.1 Å². The number of benzene rings is 3. The van der Waals surface area contributed by atoms with Crippen molar-refractivity contribution in [1.29, 1.82) is 0 Å². The molecule has 0 saturated carbocycles. The van der Waals surface area contributed by atoms with Gasteiger partial charge in [-0.05, 0) is 59.7 Å². The van der Waals surface area contributed by atoms with Gasteiger partial charge in [-0.15, -0.1) is 0 Å². The van der Waals surface area contributed by atoms with Gasteiger partial charge in [-0.3, -0.25) is 0 Å². The highest BCUT2D eigenvalue weighted by molar-refractivity contribution is 5.91. The number of hydrogen-bond donors (Lipinski definition) is 0. The molecule has 36 heavy (non-hydrogen) atoms. The van der Waals surface area contributed by atoms with Crippen molar-refractivity contribution in [3.63, 3.8) is 0 Å². The lowest BCUT2D eigenvalue weighted by Crippen LogP contribution is -2.10. The van der Waals surface area contributed by atoms with Gasteiger partial charge in [0.05, 0.1) is 32.0 Å². The largest absolute Gasteiger partial charge is 0.468 e. The van der Waals surface area contributed by atoms with Crippen LogP contribution in [0.4, 0.5) is 4.39 Å². The second-order valence-electron chi connectivity index (χ2n) is 8.26. The van der Waals surface area contributed by atoms with Crippen LogP contribution in [0.1, 0.15) is 10.4 Å². The first-order valence-corrected chi connectivity index (χ1v) is 11.5. The molecule has 2 aliphatic rings. The summed E-state index contributed by atoms with van der Waals surface area (Å²) >= 11 is 0. The summed E-state index contributed by atoms with van der Waals surface area (Å²) in [4.78, 5) is 12.5. The summed E-state index contributed by atoms with van der Waals surface area (Å²) < 4.78 is 51.7. The fourth-order valence-electron chi connectivity index (χ4n) is 3.26. The van der Waals surface area contributed by atoms with E-state index in [-0.39, 0.29) is 37.1 Å². The van der Waals surface area contributed by atoms with Crippen LogP contribution in [0.2, 0.25) is 0 Å². The molecule has 0 radical (unpaired) electrons. The van der Waals surface area contributed by atoms with Crippen LogP contribution in [0.3, 0.4) is 0 Å². The number of epoxide rings is 2. The van der Waals surface area contributed by atoms with Gasteiger partial charge in [-0.1, -0.05) is 18.2 Å². The van der Waals surface area contributed by atoms with Gasteiger partial charge in [0.1, 0.15) is 23.7 Å². The average molecular weight is 496 g/mol. The highest BCUT2D eigenvalue weighted by Crippen LogP contribution is 2.28. The molecule has 0 N–H and O–H groups in total. The molecule has 0 bridgehead atoms. The quantitative estimate of drug-likeness (QED) is 0.114. The van der Waals surface area contributed by atoms with Crippen molar-refractivity contribution in [2.24, 2.45) is 0 Å². The smallest absolute Gasteiger partial charge is 0.343 e. The standard InChI is InChI=1S/C27H25FO8/c28-25-11-20(18-1-6-21(7-2-18)34-16-30-12-23-14-32-23)5-10-26(25)36-27(29)19-3-8-22(9-4-19)35-17-31-13-24-15-33-24/h1-11,23-24H,12-17H2. The van der Waals surface area contributed by atoms with Crippen molar-refractivity contribution in [2.75, 3.05) is 40.0 Å². The van der Waals surface area contributed by atoms with Crippen LogP contribution in [0.15, 0.2) is 66.7 Å². The molecule has 3 aromatic carbocycles. The second kappa shape index (κ2) is 11.5. The number of carbonyl (C=O) groups is 1. The molecule has 2 saturated heterocycles. The zero-order valence-electron chi connectivity index (χ0n) is 19.4. The zero-order valence-corrected chi connectivity index (χ0v) is 19.4. The summed E-state index contributed by atoms with van der Waals surface area (Å²) in [7, 11) is 0. The topological polar surface area (TPSA) is 88.3 Å². The Morgan fingerprint density at radius 2 is 1.31 bits per heavy atom. The molecule has 2 unspecified atom stereocenters. The first kappa shape index (κ1) is 24.2. The molecule has 8 nitrogen and oxygen atoms in total. The van der Waals surface area contributed by atoms with E-state index in [4.69, 9.17) is 33.2 Å². The number of hydrogen-bond acceptors (Lipinski definition) is 8. The fourth-order valence-corrected chi connectivity index (χ4v) is 3.26. The number of carbonyl (C=O) groups excluding carboxylic acids is 1. The molecular weight excluding hydrogens is 471 g/mol. The number of ether oxygens (including phenoxy) is 7. The molecule has 5 rings (SSSR count). The molecule has 2 atom stereocenters. The van der Waals surface area contributed by atoms with Gasteiger partial charge in [0.15, 0.2) is 25.2 Å². The lowest BCUT2D eigenvalue weighted by Gasteiger charge is -2.10. The number of rotatable bonds is 13. The Morgan fingerprint density at radius 3 is 1.83 bits per heavy atom. The lowest BCUT2D eigenvalue weighted by molar-refractivity contribution is 0.00809. The van der Waals surface area contributed by atoms with Gasteiger partial charge in [-0.25, -0.2) is 9.18 Å². The molecule has 0 aliphatic carbocycles. The molecule has 0 aromatic heterocycles. The van der Waals surface area contributed by atoms with Crippen LogP contribution < -0.4 is 14.2 Å². The van der Waals surface area contributed by atoms with Crippen molar-refractivity contribution >= 4 is 5.97 Å². The van der Waals surface area contributed by atoms with Crippen molar-refractivity contribution in [1.82, 2.24) is 0 Å². The van der Waals surface area contributed by atoms with Gasteiger partial charge in [0.25, 0.3) is 0 Å². The van der Waals surface area contributed by atoms with Crippen molar-refractivity contribution < 1.29 is 42.3 Å². The van der Waals surface area contributed by atoms with Crippen LogP contribution in [-0.2, 0) is 18.9 Å². The normalized spacial score (nSPS) is 17.9. The molecule has 9 heteroatoms. The summed E-state index contributed by atoms with van der Waals surface area (Å²) in [6.45, 7) is 2.67. The van der Waals surface area contributed by atoms with E-state index in [1.807, 2.05) is 12.1 Å². The maximum atomic E-state index is 14.7. The Balaban J connectivity index is 1.11. The number of halogens is 1. The highest BCUT2D eigenvalue weighted by Gasteiger charge is 2.23. The van der Waals surface area contributed by atoms with Gasteiger partial charge in [0, 0.05) is 0 Å². The summed E-state index contributed by atoms with van der Waals surface area (Å²) in [5.41, 5.74) is 1.69. The van der Waals surface area contributed by atoms with E-state index in [2.05, 4.69) is 0 Å². The maximum Gasteiger partial charge on any atom is 0.343 e. The monoisotopic (exact) mass is 496 g/mol. The first-order valence-electron chi connectivity index (χ1n) is 11.5. The Hall–Kier alpha value is -3.50. The van der Waals surface area contributed by atoms with Crippen LogP contribution in [-0.4, -0.2) is 58.2 Å². The zero-order chi connectivity index (χ0) is 24.7. The minimum atomic E-state index is -0.674. The molecule has 0 amide bonds. The van der Waals surface area contributed by atoms with Crippen molar-refractivity contribution in [3.8, 4) is 28.4 Å². The third-order valence-corrected chi connectivity index (χ3v) is 5.44. The van der Waals surface area contributed by atoms with Gasteiger partial charge >= 0.3 is 5.97 Å². The molecule has 3 aromatic rings. The van der Waals surface area contributed by atoms with E-state index in [0.717, 1.165) is 18.8 Å². The van der Waals surface area contributed by atoms with Gasteiger partial charge < -0.3 is 33.2 Å². The highest BCUT2D eigenvalue weighted by atomic mass is 19.1. The predicted molar refractivity (Wildman–Crippen MR) is 126 cm³/mol. The van der Waals surface area contributed by atoms with Crippen LogP contribution in [0.25, 0.3) is 11.1 Å². The summed E-state index contributed by atoms with van der Waals surface area (Å²) in [5.74, 6) is -0.300. The fraction of sp³-hybridized carbons (Fsp3) is 0.296. The molecule has 2 aliphatic heterocycles. The number of esters is 1. The Bertz CT molecular complexity index is 1160. The van der Waals surface area contributed by atoms with E-state index in [1.54, 1.807) is 42.5 Å². The van der Waals surface area contributed by atoms with E-state index in [9.17, 15) is 9.18 Å². The molecule has 2 fully saturated rings. The van der Waals surface area contributed by atoms with E-state index >= 15 is 0 Å². The molecular formula is C27H25FO8. The average Bonchev–Trinajstić information content (AvgIpc) is 3.82. The molecule has 188 valence electrons. The molecule has 0 spiro atoms. The van der Waals surface area contributed by atoms with Crippen LogP contribution in [0, 0.1) is 5.82 Å². The van der Waals surface area contributed by atoms with E-state index in [1.165, 1.54) is 12.1 Å². The summed E-state index contributed by atoms with van der Waals surface area (Å²) in [6, 6.07) is 17.9. The SMILES string of the molecule is O=C(Oc1ccc(-c2ccc(OCOCC3CO3)cc2)cc1F)c1ccc(OCOCC2CO2)cc1. The minimum absolute atomic E-state index is 0.0849. The third-order valence-electron chi connectivity index (χ3n) is 5.44. The third kappa shape index (κ3) is 7.02. The van der Waals surface area contributed by atoms with Gasteiger partial charge in [-0.2, -0.15) is 0 Å².